The van der Waals surface area contributed by atoms with Gasteiger partial charge in [0.25, 0.3) is 10.2 Å². The average Bonchev–Trinajstić information content (AvgIpc) is 2.44. The van der Waals surface area contributed by atoms with Crippen molar-refractivity contribution in [3.63, 3.8) is 0 Å². The van der Waals surface area contributed by atoms with Crippen molar-refractivity contribution in [1.82, 2.24) is 13.9 Å². The molecule has 0 aliphatic carbocycles. The van der Waals surface area contributed by atoms with Crippen molar-refractivity contribution in [2.24, 2.45) is 5.92 Å². The molecule has 0 radical (unpaired) electrons. The van der Waals surface area contributed by atoms with Gasteiger partial charge in [-0.2, -0.15) is 17.0 Å². The van der Waals surface area contributed by atoms with E-state index < -0.39 is 10.2 Å². The average molecular weight is 319 g/mol. The second-order valence-electron chi connectivity index (χ2n) is 6.23. The second-order valence-corrected chi connectivity index (χ2v) is 8.15. The van der Waals surface area contributed by atoms with Crippen molar-refractivity contribution >= 4 is 10.2 Å². The van der Waals surface area contributed by atoms with Crippen LogP contribution in [0.5, 0.6) is 0 Å². The molecule has 0 aromatic rings. The molecule has 2 saturated heterocycles. The summed E-state index contributed by atoms with van der Waals surface area (Å²) in [5.74, 6) is 0.469. The highest BCUT2D eigenvalue weighted by molar-refractivity contribution is 7.86. The van der Waals surface area contributed by atoms with Crippen molar-refractivity contribution in [2.75, 3.05) is 39.3 Å². The van der Waals surface area contributed by atoms with Crippen LogP contribution in [0.4, 0.5) is 0 Å². The molecule has 2 aliphatic heterocycles. The fourth-order valence-corrected chi connectivity index (χ4v) is 5.07. The predicted octanol–water partition coefficient (Wildman–Crippen LogP) is 0.662. The van der Waals surface area contributed by atoms with Gasteiger partial charge in [0.15, 0.2) is 0 Å². The zero-order valence-electron chi connectivity index (χ0n) is 13.4. The molecule has 2 rings (SSSR count). The van der Waals surface area contributed by atoms with Crippen LogP contribution in [-0.4, -0.2) is 68.5 Å². The van der Waals surface area contributed by atoms with Crippen LogP contribution in [0.15, 0.2) is 0 Å². The van der Waals surface area contributed by atoms with Crippen molar-refractivity contribution in [1.29, 1.82) is 0 Å². The fourth-order valence-electron chi connectivity index (χ4n) is 3.22. The highest BCUT2D eigenvalue weighted by Crippen LogP contribution is 2.20. The van der Waals surface area contributed by atoms with Crippen LogP contribution in [0.25, 0.3) is 0 Å². The standard InChI is InChI=1S/C14H29N3O3S/c1-4-16(11-14-5-7-15-8-6-14)21(18,19)17-9-12(2)20-13(3)10-17/h12-15H,4-11H2,1-3H3. The molecule has 0 amide bonds. The van der Waals surface area contributed by atoms with E-state index in [1.165, 1.54) is 0 Å². The first kappa shape index (κ1) is 17.1. The quantitative estimate of drug-likeness (QED) is 0.809. The molecule has 21 heavy (non-hydrogen) atoms. The summed E-state index contributed by atoms with van der Waals surface area (Å²) in [6, 6.07) is 0. The second kappa shape index (κ2) is 7.37. The van der Waals surface area contributed by atoms with E-state index in [-0.39, 0.29) is 12.2 Å². The predicted molar refractivity (Wildman–Crippen MR) is 83.3 cm³/mol. The lowest BCUT2D eigenvalue weighted by atomic mass is 9.98. The van der Waals surface area contributed by atoms with E-state index in [0.717, 1.165) is 25.9 Å². The number of piperidine rings is 1. The molecule has 124 valence electrons. The topological polar surface area (TPSA) is 61.9 Å². The van der Waals surface area contributed by atoms with Crippen LogP contribution < -0.4 is 5.32 Å². The third-order valence-electron chi connectivity index (χ3n) is 4.31. The lowest BCUT2D eigenvalue weighted by molar-refractivity contribution is -0.0455. The summed E-state index contributed by atoms with van der Waals surface area (Å²) in [6.07, 6.45) is 2.03. The van der Waals surface area contributed by atoms with E-state index in [9.17, 15) is 8.42 Å². The molecule has 0 bridgehead atoms. The highest BCUT2D eigenvalue weighted by Gasteiger charge is 2.35. The molecule has 0 aromatic heterocycles. The van der Waals surface area contributed by atoms with Gasteiger partial charge in [-0.15, -0.1) is 0 Å². The number of nitrogens with one attached hydrogen (secondary N) is 1. The van der Waals surface area contributed by atoms with Crippen LogP contribution in [-0.2, 0) is 14.9 Å². The number of hydrogen-bond donors (Lipinski definition) is 1. The molecular weight excluding hydrogens is 290 g/mol. The molecule has 0 spiro atoms. The van der Waals surface area contributed by atoms with Crippen LogP contribution in [0, 0.1) is 5.92 Å². The molecule has 1 N–H and O–H groups in total. The Morgan fingerprint density at radius 2 is 1.76 bits per heavy atom. The molecule has 7 heteroatoms. The van der Waals surface area contributed by atoms with Crippen LogP contribution in [0.3, 0.4) is 0 Å². The highest BCUT2D eigenvalue weighted by atomic mass is 32.2. The van der Waals surface area contributed by atoms with Gasteiger partial charge >= 0.3 is 0 Å². The van der Waals surface area contributed by atoms with Gasteiger partial charge < -0.3 is 10.1 Å². The third-order valence-corrected chi connectivity index (χ3v) is 6.32. The minimum Gasteiger partial charge on any atom is -0.373 e. The van der Waals surface area contributed by atoms with E-state index in [0.29, 0.717) is 32.1 Å². The van der Waals surface area contributed by atoms with Gasteiger partial charge in [-0.05, 0) is 45.7 Å². The maximum absolute atomic E-state index is 12.9. The van der Waals surface area contributed by atoms with Crippen LogP contribution in [0.2, 0.25) is 0 Å². The number of nitrogens with zero attached hydrogens (tertiary/aromatic N) is 2. The van der Waals surface area contributed by atoms with E-state index in [1.807, 2.05) is 20.8 Å². The Balaban J connectivity index is 2.03. The fraction of sp³-hybridized carbons (Fsp3) is 1.00. The Labute approximate surface area is 129 Å². The third kappa shape index (κ3) is 4.39. The number of morpholine rings is 1. The summed E-state index contributed by atoms with van der Waals surface area (Å²) < 4.78 is 34.6. The molecule has 2 atom stereocenters. The minimum atomic E-state index is -3.37. The summed E-state index contributed by atoms with van der Waals surface area (Å²) in [7, 11) is -3.37. The molecular formula is C14H29N3O3S. The summed E-state index contributed by atoms with van der Waals surface area (Å²) >= 11 is 0. The van der Waals surface area contributed by atoms with Gasteiger partial charge in [-0.25, -0.2) is 0 Å². The summed E-state index contributed by atoms with van der Waals surface area (Å²) in [4.78, 5) is 0. The maximum Gasteiger partial charge on any atom is 0.282 e. The van der Waals surface area contributed by atoms with Crippen molar-refractivity contribution in [3.05, 3.63) is 0 Å². The first-order chi connectivity index (χ1) is 9.93. The summed E-state index contributed by atoms with van der Waals surface area (Å²) in [6.45, 7) is 9.86. The largest absolute Gasteiger partial charge is 0.373 e. The monoisotopic (exact) mass is 319 g/mol. The first-order valence-corrected chi connectivity index (χ1v) is 9.44. The van der Waals surface area contributed by atoms with Gasteiger partial charge in [-0.3, -0.25) is 0 Å². The van der Waals surface area contributed by atoms with Gasteiger partial charge in [0, 0.05) is 26.2 Å². The van der Waals surface area contributed by atoms with E-state index >= 15 is 0 Å². The number of ether oxygens (including phenoxy) is 1. The molecule has 2 heterocycles. The molecule has 0 saturated carbocycles. The zero-order chi connectivity index (χ0) is 15.5. The normalized spacial score (nSPS) is 29.9. The first-order valence-electron chi connectivity index (χ1n) is 8.04. The smallest absolute Gasteiger partial charge is 0.282 e. The van der Waals surface area contributed by atoms with Crippen LogP contribution >= 0.6 is 0 Å². The Bertz CT molecular complexity index is 413. The summed E-state index contributed by atoms with van der Waals surface area (Å²) in [5.41, 5.74) is 0. The van der Waals surface area contributed by atoms with Crippen molar-refractivity contribution < 1.29 is 13.2 Å². The Kier molecular flexibility index (Phi) is 6.02. The van der Waals surface area contributed by atoms with Gasteiger partial charge in [0.05, 0.1) is 12.2 Å². The number of hydrogen-bond acceptors (Lipinski definition) is 4. The van der Waals surface area contributed by atoms with Crippen LogP contribution in [0.1, 0.15) is 33.6 Å². The molecule has 2 fully saturated rings. The van der Waals surface area contributed by atoms with E-state index in [4.69, 9.17) is 4.74 Å². The lowest BCUT2D eigenvalue weighted by Gasteiger charge is -2.38. The SMILES string of the molecule is CCN(CC1CCNCC1)S(=O)(=O)N1CC(C)OC(C)C1. The Morgan fingerprint density at radius 1 is 1.19 bits per heavy atom. The van der Waals surface area contributed by atoms with Crippen molar-refractivity contribution in [2.45, 2.75) is 45.8 Å². The van der Waals surface area contributed by atoms with Gasteiger partial charge in [0.1, 0.15) is 0 Å². The lowest BCUT2D eigenvalue weighted by Crippen LogP contribution is -2.54. The Morgan fingerprint density at radius 3 is 2.29 bits per heavy atom. The zero-order valence-corrected chi connectivity index (χ0v) is 14.2. The van der Waals surface area contributed by atoms with Gasteiger partial charge in [-0.1, -0.05) is 6.92 Å². The van der Waals surface area contributed by atoms with E-state index in [2.05, 4.69) is 5.32 Å². The number of rotatable bonds is 5. The van der Waals surface area contributed by atoms with Gasteiger partial charge in [0.2, 0.25) is 0 Å². The molecule has 2 unspecified atom stereocenters. The maximum atomic E-state index is 12.9. The van der Waals surface area contributed by atoms with E-state index in [1.54, 1.807) is 8.61 Å². The summed E-state index contributed by atoms with van der Waals surface area (Å²) in [5, 5.41) is 3.32. The minimum absolute atomic E-state index is 0.0406. The molecule has 0 aromatic carbocycles. The molecule has 2 aliphatic rings. The molecule has 6 nitrogen and oxygen atoms in total. The Hall–Kier alpha value is -0.210. The van der Waals surface area contributed by atoms with Crippen molar-refractivity contribution in [3.8, 4) is 0 Å².